The molecule has 1 heterocycles. The first-order valence-corrected chi connectivity index (χ1v) is 7.48. The maximum Gasteiger partial charge on any atom is 0.318 e. The Morgan fingerprint density at radius 3 is 2.61 bits per heavy atom. The summed E-state index contributed by atoms with van der Waals surface area (Å²) < 4.78 is 10.8. The standard InChI is InChI=1S/C15H17BrN4O3/c1-20(2)13-12(8-17-15(19-13)23-4)18-14(21)10-7-9(22-3)5-6-11(10)16/h5-8H,1-4H3,(H,18,21). The van der Waals surface area contributed by atoms with Crippen molar-refractivity contribution in [3.63, 3.8) is 0 Å². The van der Waals surface area contributed by atoms with E-state index in [9.17, 15) is 4.79 Å². The third-order valence-corrected chi connectivity index (χ3v) is 3.71. The molecule has 2 rings (SSSR count). The van der Waals surface area contributed by atoms with E-state index < -0.39 is 0 Å². The largest absolute Gasteiger partial charge is 0.497 e. The number of rotatable bonds is 5. The summed E-state index contributed by atoms with van der Waals surface area (Å²) in [5.41, 5.74) is 0.931. The number of methoxy groups -OCH3 is 2. The summed E-state index contributed by atoms with van der Waals surface area (Å²) in [5, 5.41) is 2.80. The summed E-state index contributed by atoms with van der Waals surface area (Å²) in [6.45, 7) is 0. The van der Waals surface area contributed by atoms with E-state index in [0.29, 0.717) is 27.3 Å². The summed E-state index contributed by atoms with van der Waals surface area (Å²) in [7, 11) is 6.67. The lowest BCUT2D eigenvalue weighted by atomic mass is 10.2. The highest BCUT2D eigenvalue weighted by Gasteiger charge is 2.16. The molecule has 0 aliphatic carbocycles. The van der Waals surface area contributed by atoms with E-state index >= 15 is 0 Å². The molecule has 2 aromatic rings. The van der Waals surface area contributed by atoms with E-state index in [1.54, 1.807) is 30.2 Å². The molecule has 0 bridgehead atoms. The van der Waals surface area contributed by atoms with Crippen LogP contribution in [-0.2, 0) is 0 Å². The van der Waals surface area contributed by atoms with Gasteiger partial charge in [-0.15, -0.1) is 0 Å². The highest BCUT2D eigenvalue weighted by atomic mass is 79.9. The predicted octanol–water partition coefficient (Wildman–Crippen LogP) is 2.57. The van der Waals surface area contributed by atoms with Crippen molar-refractivity contribution in [1.82, 2.24) is 9.97 Å². The van der Waals surface area contributed by atoms with Crippen LogP contribution in [0.15, 0.2) is 28.9 Å². The van der Waals surface area contributed by atoms with Crippen LogP contribution in [0.3, 0.4) is 0 Å². The molecule has 0 fully saturated rings. The zero-order valence-corrected chi connectivity index (χ0v) is 14.8. The van der Waals surface area contributed by atoms with Crippen LogP contribution in [0, 0.1) is 0 Å². The quantitative estimate of drug-likeness (QED) is 0.858. The fourth-order valence-corrected chi connectivity index (χ4v) is 2.31. The second-order valence-corrected chi connectivity index (χ2v) is 5.64. The van der Waals surface area contributed by atoms with Crippen molar-refractivity contribution in [2.24, 2.45) is 0 Å². The van der Waals surface area contributed by atoms with Crippen LogP contribution in [-0.4, -0.2) is 44.2 Å². The third-order valence-electron chi connectivity index (χ3n) is 3.02. The average molecular weight is 381 g/mol. The fourth-order valence-electron chi connectivity index (χ4n) is 1.88. The number of aromatic nitrogens is 2. The normalized spacial score (nSPS) is 10.1. The van der Waals surface area contributed by atoms with E-state index in [1.807, 2.05) is 14.1 Å². The van der Waals surface area contributed by atoms with Gasteiger partial charge in [-0.2, -0.15) is 4.98 Å². The molecule has 23 heavy (non-hydrogen) atoms. The van der Waals surface area contributed by atoms with Gasteiger partial charge in [0.05, 0.1) is 26.0 Å². The van der Waals surface area contributed by atoms with E-state index in [0.717, 1.165) is 0 Å². The van der Waals surface area contributed by atoms with Crippen LogP contribution in [0.25, 0.3) is 0 Å². The van der Waals surface area contributed by atoms with Gasteiger partial charge < -0.3 is 19.7 Å². The number of carbonyl (C=O) groups excluding carboxylic acids is 1. The van der Waals surface area contributed by atoms with E-state index in [4.69, 9.17) is 9.47 Å². The molecule has 0 aliphatic rings. The van der Waals surface area contributed by atoms with Crippen LogP contribution in [0.1, 0.15) is 10.4 Å². The van der Waals surface area contributed by atoms with Gasteiger partial charge in [0.1, 0.15) is 11.4 Å². The number of nitrogens with zero attached hydrogens (tertiary/aromatic N) is 3. The molecule has 0 saturated heterocycles. The monoisotopic (exact) mass is 380 g/mol. The Bertz CT molecular complexity index is 722. The first-order valence-electron chi connectivity index (χ1n) is 6.69. The van der Waals surface area contributed by atoms with Crippen LogP contribution in [0.5, 0.6) is 11.8 Å². The Labute approximate surface area is 142 Å². The Hall–Kier alpha value is -2.35. The zero-order chi connectivity index (χ0) is 17.0. The van der Waals surface area contributed by atoms with Crippen molar-refractivity contribution < 1.29 is 14.3 Å². The molecule has 0 unspecified atom stereocenters. The molecule has 1 aromatic heterocycles. The number of nitrogens with one attached hydrogen (secondary N) is 1. The van der Waals surface area contributed by atoms with E-state index in [-0.39, 0.29) is 11.9 Å². The molecular formula is C15H17BrN4O3. The zero-order valence-electron chi connectivity index (χ0n) is 13.3. The number of ether oxygens (including phenoxy) is 2. The van der Waals surface area contributed by atoms with Crippen LogP contribution in [0.4, 0.5) is 11.5 Å². The van der Waals surface area contributed by atoms with Gasteiger partial charge in [-0.1, -0.05) is 0 Å². The minimum Gasteiger partial charge on any atom is -0.497 e. The van der Waals surface area contributed by atoms with E-state index in [1.165, 1.54) is 13.3 Å². The van der Waals surface area contributed by atoms with Gasteiger partial charge in [0.25, 0.3) is 5.91 Å². The lowest BCUT2D eigenvalue weighted by Gasteiger charge is -2.17. The summed E-state index contributed by atoms with van der Waals surface area (Å²) >= 11 is 3.37. The molecular weight excluding hydrogens is 364 g/mol. The highest BCUT2D eigenvalue weighted by Crippen LogP contribution is 2.26. The predicted molar refractivity (Wildman–Crippen MR) is 91.6 cm³/mol. The average Bonchev–Trinajstić information content (AvgIpc) is 2.55. The van der Waals surface area contributed by atoms with Crippen LogP contribution in [0.2, 0.25) is 0 Å². The fraction of sp³-hybridized carbons (Fsp3) is 0.267. The molecule has 1 amide bonds. The van der Waals surface area contributed by atoms with Crippen molar-refractivity contribution in [1.29, 1.82) is 0 Å². The van der Waals surface area contributed by atoms with Crippen LogP contribution < -0.4 is 19.7 Å². The Morgan fingerprint density at radius 2 is 2.00 bits per heavy atom. The van der Waals surface area contributed by atoms with Crippen molar-refractivity contribution in [2.75, 3.05) is 38.5 Å². The van der Waals surface area contributed by atoms with Crippen molar-refractivity contribution in [3.8, 4) is 11.8 Å². The summed E-state index contributed by atoms with van der Waals surface area (Å²) in [6.07, 6.45) is 1.51. The second kappa shape index (κ2) is 7.28. The first-order chi connectivity index (χ1) is 11.0. The number of anilines is 2. The van der Waals surface area contributed by atoms with Gasteiger partial charge >= 0.3 is 6.01 Å². The molecule has 0 spiro atoms. The van der Waals surface area contributed by atoms with Crippen LogP contribution >= 0.6 is 15.9 Å². The molecule has 7 nitrogen and oxygen atoms in total. The summed E-state index contributed by atoms with van der Waals surface area (Å²) in [4.78, 5) is 22.6. The number of hydrogen-bond acceptors (Lipinski definition) is 6. The first kappa shape index (κ1) is 17.0. The molecule has 0 aliphatic heterocycles. The van der Waals surface area contributed by atoms with Gasteiger partial charge in [0, 0.05) is 18.6 Å². The lowest BCUT2D eigenvalue weighted by Crippen LogP contribution is -2.19. The number of benzene rings is 1. The summed E-state index contributed by atoms with van der Waals surface area (Å²) in [5.74, 6) is 0.842. The Kier molecular flexibility index (Phi) is 5.38. The lowest BCUT2D eigenvalue weighted by molar-refractivity contribution is 0.102. The minimum absolute atomic E-state index is 0.231. The Balaban J connectivity index is 2.33. The van der Waals surface area contributed by atoms with Gasteiger partial charge in [0.2, 0.25) is 0 Å². The minimum atomic E-state index is -0.298. The van der Waals surface area contributed by atoms with Gasteiger partial charge in [-0.3, -0.25) is 4.79 Å². The SMILES string of the molecule is COc1ccc(Br)c(C(=O)Nc2cnc(OC)nc2N(C)C)c1. The number of halogens is 1. The molecule has 0 atom stereocenters. The molecule has 1 aromatic carbocycles. The number of hydrogen-bond donors (Lipinski definition) is 1. The Morgan fingerprint density at radius 1 is 1.26 bits per heavy atom. The smallest absolute Gasteiger partial charge is 0.318 e. The van der Waals surface area contributed by atoms with Gasteiger partial charge in [-0.25, -0.2) is 4.98 Å². The molecule has 8 heteroatoms. The van der Waals surface area contributed by atoms with Crippen molar-refractivity contribution in [2.45, 2.75) is 0 Å². The molecule has 0 saturated carbocycles. The van der Waals surface area contributed by atoms with Gasteiger partial charge in [0.15, 0.2) is 5.82 Å². The highest BCUT2D eigenvalue weighted by molar-refractivity contribution is 9.10. The number of amides is 1. The third kappa shape index (κ3) is 3.89. The van der Waals surface area contributed by atoms with Gasteiger partial charge in [-0.05, 0) is 34.1 Å². The maximum absolute atomic E-state index is 12.5. The van der Waals surface area contributed by atoms with Crippen molar-refractivity contribution in [3.05, 3.63) is 34.4 Å². The topological polar surface area (TPSA) is 76.6 Å². The molecule has 0 radical (unpaired) electrons. The molecule has 1 N–H and O–H groups in total. The maximum atomic E-state index is 12.5. The number of carbonyl (C=O) groups is 1. The molecule has 122 valence electrons. The van der Waals surface area contributed by atoms with Crippen molar-refractivity contribution >= 4 is 33.3 Å². The second-order valence-electron chi connectivity index (χ2n) is 4.79. The summed E-state index contributed by atoms with van der Waals surface area (Å²) in [6, 6.07) is 5.40. The van der Waals surface area contributed by atoms with E-state index in [2.05, 4.69) is 31.2 Å².